The molecular formula is C23H26ClN7O3. The van der Waals surface area contributed by atoms with E-state index in [0.29, 0.717) is 28.5 Å². The summed E-state index contributed by atoms with van der Waals surface area (Å²) in [6.07, 6.45) is 3.55. The van der Waals surface area contributed by atoms with E-state index < -0.39 is 12.2 Å². The van der Waals surface area contributed by atoms with Gasteiger partial charge in [-0.05, 0) is 43.4 Å². The number of anilines is 2. The first-order valence-electron chi connectivity index (χ1n) is 10.9. The zero-order valence-electron chi connectivity index (χ0n) is 19.4. The quantitative estimate of drug-likeness (QED) is 0.490. The molecular weight excluding hydrogens is 458 g/mol. The summed E-state index contributed by atoms with van der Waals surface area (Å²) in [6.45, 7) is 6.01. The number of hydrogen-bond donors (Lipinski definition) is 2. The Morgan fingerprint density at radius 2 is 1.97 bits per heavy atom. The van der Waals surface area contributed by atoms with E-state index in [4.69, 9.17) is 16.3 Å². The molecule has 178 valence electrons. The number of amides is 2. The van der Waals surface area contributed by atoms with Crippen molar-refractivity contribution in [1.82, 2.24) is 25.0 Å². The molecule has 1 atom stereocenters. The molecule has 4 rings (SSSR count). The van der Waals surface area contributed by atoms with Gasteiger partial charge in [0.05, 0.1) is 17.6 Å². The van der Waals surface area contributed by atoms with Crippen LogP contribution < -0.4 is 10.6 Å². The molecule has 0 bridgehead atoms. The summed E-state index contributed by atoms with van der Waals surface area (Å²) >= 11 is 6.08. The Morgan fingerprint density at radius 1 is 1.21 bits per heavy atom. The third-order valence-electron chi connectivity index (χ3n) is 5.80. The lowest BCUT2D eigenvalue weighted by atomic mass is 9.64. The number of carbonyl (C=O) groups excluding carboxylic acids is 2. The number of nitrogens with zero attached hydrogens (tertiary/aromatic N) is 5. The summed E-state index contributed by atoms with van der Waals surface area (Å²) in [6, 6.07) is 6.90. The van der Waals surface area contributed by atoms with Crippen LogP contribution in [0.25, 0.3) is 11.4 Å². The van der Waals surface area contributed by atoms with Crippen molar-refractivity contribution in [3.05, 3.63) is 47.4 Å². The monoisotopic (exact) mass is 483 g/mol. The molecule has 1 saturated carbocycles. The van der Waals surface area contributed by atoms with Crippen molar-refractivity contribution in [3.8, 4) is 11.4 Å². The van der Waals surface area contributed by atoms with Crippen molar-refractivity contribution >= 4 is 35.1 Å². The molecule has 0 spiro atoms. The number of nitrogens with one attached hydrogen (secondary N) is 2. The van der Waals surface area contributed by atoms with E-state index in [1.165, 1.54) is 4.68 Å². The zero-order chi connectivity index (χ0) is 24.5. The minimum Gasteiger partial charge on any atom is -0.441 e. The molecule has 0 radical (unpaired) electrons. The largest absolute Gasteiger partial charge is 0.441 e. The number of halogens is 1. The van der Waals surface area contributed by atoms with Crippen molar-refractivity contribution in [2.45, 2.75) is 39.7 Å². The molecule has 0 aliphatic heterocycles. The van der Waals surface area contributed by atoms with Crippen LogP contribution in [-0.4, -0.2) is 37.0 Å². The summed E-state index contributed by atoms with van der Waals surface area (Å²) in [7, 11) is 1.64. The topological polar surface area (TPSA) is 124 Å². The van der Waals surface area contributed by atoms with Crippen molar-refractivity contribution in [2.24, 2.45) is 18.4 Å². The molecule has 0 saturated heterocycles. The number of hydrogen-bond acceptors (Lipinski definition) is 7. The minimum absolute atomic E-state index is 0.00122. The zero-order valence-corrected chi connectivity index (χ0v) is 20.1. The highest BCUT2D eigenvalue weighted by Crippen LogP contribution is 2.45. The van der Waals surface area contributed by atoms with Gasteiger partial charge >= 0.3 is 6.09 Å². The normalized spacial score (nSPS) is 15.8. The van der Waals surface area contributed by atoms with Crippen molar-refractivity contribution < 1.29 is 14.3 Å². The summed E-state index contributed by atoms with van der Waals surface area (Å²) in [5.74, 6) is 0.345. The molecule has 3 aromatic rings. The SMILES string of the molecule is C[C@@H](OC(=O)Nc1c(-c2ccc(NC(=O)C3CC(C)(C)C3)cn2)nnn1C)c1cccnc1Cl. The van der Waals surface area contributed by atoms with Crippen LogP contribution in [0.5, 0.6) is 0 Å². The van der Waals surface area contributed by atoms with Crippen LogP contribution in [0.4, 0.5) is 16.3 Å². The van der Waals surface area contributed by atoms with Gasteiger partial charge in [-0.3, -0.25) is 15.1 Å². The van der Waals surface area contributed by atoms with Crippen molar-refractivity contribution in [3.63, 3.8) is 0 Å². The van der Waals surface area contributed by atoms with Gasteiger partial charge in [0.1, 0.15) is 11.3 Å². The molecule has 3 aromatic heterocycles. The lowest BCUT2D eigenvalue weighted by Gasteiger charge is -2.41. The molecule has 1 aliphatic rings. The lowest BCUT2D eigenvalue weighted by molar-refractivity contribution is -0.126. The Kier molecular flexibility index (Phi) is 6.52. The van der Waals surface area contributed by atoms with E-state index in [2.05, 4.69) is 44.8 Å². The van der Waals surface area contributed by atoms with Crippen LogP contribution in [0.1, 0.15) is 45.3 Å². The van der Waals surface area contributed by atoms with E-state index in [1.807, 2.05) is 0 Å². The second-order valence-corrected chi connectivity index (χ2v) is 9.52. The smallest absolute Gasteiger partial charge is 0.413 e. The summed E-state index contributed by atoms with van der Waals surface area (Å²) in [5.41, 5.74) is 2.26. The van der Waals surface area contributed by atoms with Gasteiger partial charge in [-0.25, -0.2) is 14.5 Å². The molecule has 2 N–H and O–H groups in total. The van der Waals surface area contributed by atoms with Crippen LogP contribution in [0.3, 0.4) is 0 Å². The highest BCUT2D eigenvalue weighted by Gasteiger charge is 2.40. The van der Waals surface area contributed by atoms with Gasteiger partial charge in [0, 0.05) is 24.7 Å². The standard InChI is InChI=1S/C23H26ClN7O3/c1-13(16-6-5-9-25-19(16)24)34-22(33)28-20-18(29-30-31(20)4)17-8-7-15(12-26-17)27-21(32)14-10-23(2,3)11-14/h5-9,12-14H,10-11H2,1-4H3,(H,27,32)(H,28,33)/t13-/m1/s1. The van der Waals surface area contributed by atoms with Crippen LogP contribution in [0, 0.1) is 11.3 Å². The van der Waals surface area contributed by atoms with Gasteiger partial charge < -0.3 is 10.1 Å². The minimum atomic E-state index is -0.702. The maximum atomic E-state index is 12.5. The van der Waals surface area contributed by atoms with Gasteiger partial charge in [0.2, 0.25) is 5.91 Å². The highest BCUT2D eigenvalue weighted by atomic mass is 35.5. The highest BCUT2D eigenvalue weighted by molar-refractivity contribution is 6.30. The average Bonchev–Trinajstić information content (AvgIpc) is 3.12. The maximum Gasteiger partial charge on any atom is 0.413 e. The van der Waals surface area contributed by atoms with Crippen molar-refractivity contribution in [1.29, 1.82) is 0 Å². The second kappa shape index (κ2) is 9.38. The lowest BCUT2D eigenvalue weighted by Crippen LogP contribution is -2.39. The fraction of sp³-hybridized carbons (Fsp3) is 0.391. The molecule has 1 aliphatic carbocycles. The summed E-state index contributed by atoms with van der Waals surface area (Å²) in [5, 5.41) is 13.9. The van der Waals surface area contributed by atoms with Crippen LogP contribution in [-0.2, 0) is 16.6 Å². The van der Waals surface area contributed by atoms with E-state index >= 15 is 0 Å². The van der Waals surface area contributed by atoms with Crippen molar-refractivity contribution in [2.75, 3.05) is 10.6 Å². The maximum absolute atomic E-state index is 12.5. The Labute approximate surface area is 202 Å². The molecule has 34 heavy (non-hydrogen) atoms. The Bertz CT molecular complexity index is 1200. The van der Waals surface area contributed by atoms with Gasteiger partial charge in [0.25, 0.3) is 0 Å². The van der Waals surface area contributed by atoms with E-state index in [1.54, 1.807) is 50.6 Å². The molecule has 2 amide bonds. The van der Waals surface area contributed by atoms with E-state index in [0.717, 1.165) is 12.8 Å². The van der Waals surface area contributed by atoms with Crippen LogP contribution in [0.2, 0.25) is 5.15 Å². The van der Waals surface area contributed by atoms with Crippen LogP contribution >= 0.6 is 11.6 Å². The number of pyridine rings is 2. The van der Waals surface area contributed by atoms with Gasteiger partial charge in [-0.2, -0.15) is 0 Å². The first-order chi connectivity index (χ1) is 16.1. The number of ether oxygens (including phenoxy) is 1. The number of rotatable bonds is 6. The summed E-state index contributed by atoms with van der Waals surface area (Å²) in [4.78, 5) is 33.3. The third kappa shape index (κ3) is 5.17. The number of carbonyl (C=O) groups is 2. The Hall–Kier alpha value is -3.53. The molecule has 0 unspecified atom stereocenters. The van der Waals surface area contributed by atoms with Gasteiger partial charge in [-0.1, -0.05) is 36.7 Å². The predicted octanol–water partition coefficient (Wildman–Crippen LogP) is 4.61. The molecule has 10 nitrogen and oxygen atoms in total. The van der Waals surface area contributed by atoms with E-state index in [9.17, 15) is 9.59 Å². The fourth-order valence-electron chi connectivity index (χ4n) is 4.03. The first-order valence-corrected chi connectivity index (χ1v) is 11.3. The molecule has 3 heterocycles. The summed E-state index contributed by atoms with van der Waals surface area (Å²) < 4.78 is 6.85. The van der Waals surface area contributed by atoms with Gasteiger partial charge in [-0.15, -0.1) is 5.10 Å². The third-order valence-corrected chi connectivity index (χ3v) is 6.12. The molecule has 1 fully saturated rings. The second-order valence-electron chi connectivity index (χ2n) is 9.16. The van der Waals surface area contributed by atoms with Crippen LogP contribution in [0.15, 0.2) is 36.7 Å². The Balaban J connectivity index is 1.41. The first kappa shape index (κ1) is 23.6. The number of aryl methyl sites for hydroxylation is 1. The van der Waals surface area contributed by atoms with E-state index in [-0.39, 0.29) is 22.4 Å². The average molecular weight is 484 g/mol. The molecule has 11 heteroatoms. The fourth-order valence-corrected chi connectivity index (χ4v) is 4.31. The van der Waals surface area contributed by atoms with Gasteiger partial charge in [0.15, 0.2) is 11.5 Å². The predicted molar refractivity (Wildman–Crippen MR) is 127 cm³/mol. The Morgan fingerprint density at radius 3 is 2.62 bits per heavy atom. The molecule has 0 aromatic carbocycles. The number of aromatic nitrogens is 5.